The standard InChI is InChI=1S/C21H35ClO5/c1-21(27,11-6-12-22)10-5-9-18-17(19(25)13-20(18)26)8-4-2-3-7-16(14-23)15-24/h5,9,14,16-18,20,24,26-27H,2-4,6-8,10-13,15H2,1H3/t16?,17-,18-,20-,21?/m1/s1. The molecule has 0 spiro atoms. The van der Waals surface area contributed by atoms with Gasteiger partial charge in [0.1, 0.15) is 12.1 Å². The summed E-state index contributed by atoms with van der Waals surface area (Å²) in [4.78, 5) is 22.9. The molecule has 0 aromatic carbocycles. The minimum Gasteiger partial charge on any atom is -0.396 e. The van der Waals surface area contributed by atoms with Crippen LogP contribution in [0.2, 0.25) is 0 Å². The van der Waals surface area contributed by atoms with Crippen molar-refractivity contribution in [1.29, 1.82) is 0 Å². The first-order chi connectivity index (χ1) is 12.8. The molecule has 0 heterocycles. The number of unbranched alkanes of at least 4 members (excludes halogenated alkanes) is 2. The summed E-state index contributed by atoms with van der Waals surface area (Å²) >= 11 is 5.67. The van der Waals surface area contributed by atoms with E-state index in [9.17, 15) is 19.8 Å². The summed E-state index contributed by atoms with van der Waals surface area (Å²) in [6.45, 7) is 1.66. The van der Waals surface area contributed by atoms with Crippen molar-refractivity contribution in [2.75, 3.05) is 12.5 Å². The molecule has 0 saturated heterocycles. The van der Waals surface area contributed by atoms with Crippen LogP contribution in [0, 0.1) is 17.8 Å². The van der Waals surface area contributed by atoms with Crippen LogP contribution >= 0.6 is 11.6 Å². The molecule has 0 aromatic rings. The average Bonchev–Trinajstić information content (AvgIpc) is 2.89. The quantitative estimate of drug-likeness (QED) is 0.180. The minimum absolute atomic E-state index is 0.104. The number of ketones is 1. The molecule has 6 heteroatoms. The highest BCUT2D eigenvalue weighted by atomic mass is 35.5. The van der Waals surface area contributed by atoms with Crippen LogP contribution in [0.15, 0.2) is 12.2 Å². The fourth-order valence-corrected chi connectivity index (χ4v) is 3.90. The van der Waals surface area contributed by atoms with Crippen LogP contribution in [0.3, 0.4) is 0 Å². The van der Waals surface area contributed by atoms with E-state index >= 15 is 0 Å². The SMILES string of the molecule is CC(O)(CC=C[C@H]1[C@H](O)CC(=O)[C@@H]1CCCCCC(C=O)CO)CCCCl. The van der Waals surface area contributed by atoms with Crippen LogP contribution in [0.4, 0.5) is 0 Å². The smallest absolute Gasteiger partial charge is 0.139 e. The van der Waals surface area contributed by atoms with Gasteiger partial charge in [0.2, 0.25) is 0 Å². The molecule has 1 aliphatic rings. The molecule has 0 amide bonds. The molecule has 1 fully saturated rings. The summed E-state index contributed by atoms with van der Waals surface area (Å²) in [6, 6.07) is 0. The number of hydrogen-bond acceptors (Lipinski definition) is 5. The van der Waals surface area contributed by atoms with Gasteiger partial charge in [-0.3, -0.25) is 4.79 Å². The van der Waals surface area contributed by atoms with Gasteiger partial charge in [-0.2, -0.15) is 0 Å². The van der Waals surface area contributed by atoms with Crippen molar-refractivity contribution in [1.82, 2.24) is 0 Å². The zero-order valence-corrected chi connectivity index (χ0v) is 17.1. The number of aldehydes is 1. The predicted octanol–water partition coefficient (Wildman–Crippen LogP) is 3.03. The van der Waals surface area contributed by atoms with E-state index in [1.807, 2.05) is 12.2 Å². The maximum absolute atomic E-state index is 12.2. The first-order valence-electron chi connectivity index (χ1n) is 10.1. The van der Waals surface area contributed by atoms with Crippen molar-refractivity contribution < 1.29 is 24.9 Å². The van der Waals surface area contributed by atoms with Gasteiger partial charge in [-0.15, -0.1) is 11.6 Å². The molecule has 0 bridgehead atoms. The molecule has 156 valence electrons. The number of alkyl halides is 1. The Kier molecular flexibility index (Phi) is 11.4. The highest BCUT2D eigenvalue weighted by Gasteiger charge is 2.39. The van der Waals surface area contributed by atoms with E-state index in [1.165, 1.54) is 0 Å². The number of carbonyl (C=O) groups is 2. The fraction of sp³-hybridized carbons (Fsp3) is 0.810. The van der Waals surface area contributed by atoms with Crippen LogP contribution in [0.5, 0.6) is 0 Å². The Morgan fingerprint density at radius 2 is 2.04 bits per heavy atom. The number of aliphatic hydroxyl groups excluding tert-OH is 2. The lowest BCUT2D eigenvalue weighted by molar-refractivity contribution is -0.121. The zero-order chi connectivity index (χ0) is 20.3. The monoisotopic (exact) mass is 402 g/mol. The molecule has 1 rings (SSSR count). The van der Waals surface area contributed by atoms with Crippen molar-refractivity contribution in [3.63, 3.8) is 0 Å². The molecule has 0 aromatic heterocycles. The summed E-state index contributed by atoms with van der Waals surface area (Å²) in [5.74, 6) is -0.0384. The number of hydrogen-bond donors (Lipinski definition) is 3. The third-order valence-corrected chi connectivity index (χ3v) is 5.78. The van der Waals surface area contributed by atoms with Crippen molar-refractivity contribution in [2.45, 2.75) is 76.4 Å². The summed E-state index contributed by atoms with van der Waals surface area (Å²) in [6.07, 6.45) is 9.93. The van der Waals surface area contributed by atoms with Gasteiger partial charge >= 0.3 is 0 Å². The molecule has 0 radical (unpaired) electrons. The van der Waals surface area contributed by atoms with Gasteiger partial charge in [-0.05, 0) is 39.0 Å². The van der Waals surface area contributed by atoms with Gasteiger partial charge in [0.15, 0.2) is 0 Å². The Hall–Kier alpha value is -0.750. The van der Waals surface area contributed by atoms with Gasteiger partial charge in [-0.1, -0.05) is 31.4 Å². The van der Waals surface area contributed by atoms with Crippen LogP contribution in [-0.4, -0.2) is 51.6 Å². The molecular formula is C21H35ClO5. The number of carbonyl (C=O) groups excluding carboxylic acids is 2. The van der Waals surface area contributed by atoms with Gasteiger partial charge < -0.3 is 20.1 Å². The van der Waals surface area contributed by atoms with E-state index < -0.39 is 11.7 Å². The van der Waals surface area contributed by atoms with Crippen LogP contribution in [-0.2, 0) is 9.59 Å². The zero-order valence-electron chi connectivity index (χ0n) is 16.4. The van der Waals surface area contributed by atoms with Crippen molar-refractivity contribution in [3.8, 4) is 0 Å². The molecule has 27 heavy (non-hydrogen) atoms. The highest BCUT2D eigenvalue weighted by molar-refractivity contribution is 6.17. The lowest BCUT2D eigenvalue weighted by Crippen LogP contribution is -2.23. The first kappa shape index (κ1) is 24.3. The summed E-state index contributed by atoms with van der Waals surface area (Å²) in [5, 5.41) is 29.5. The van der Waals surface area contributed by atoms with Crippen molar-refractivity contribution >= 4 is 23.7 Å². The van der Waals surface area contributed by atoms with Gasteiger partial charge in [0.05, 0.1) is 18.3 Å². The maximum atomic E-state index is 12.2. The lowest BCUT2D eigenvalue weighted by atomic mass is 9.87. The molecule has 5 nitrogen and oxygen atoms in total. The molecule has 0 aliphatic heterocycles. The van der Waals surface area contributed by atoms with E-state index in [4.69, 9.17) is 16.7 Å². The molecule has 1 saturated carbocycles. The normalized spacial score (nSPS) is 26.4. The Balaban J connectivity index is 2.46. The molecule has 1 aliphatic carbocycles. The van der Waals surface area contributed by atoms with E-state index in [0.29, 0.717) is 25.1 Å². The summed E-state index contributed by atoms with van der Waals surface area (Å²) < 4.78 is 0. The topological polar surface area (TPSA) is 94.8 Å². The molecule has 2 unspecified atom stereocenters. The largest absolute Gasteiger partial charge is 0.396 e. The Bertz CT molecular complexity index is 477. The Morgan fingerprint density at radius 3 is 2.67 bits per heavy atom. The van der Waals surface area contributed by atoms with Crippen LogP contribution in [0.25, 0.3) is 0 Å². The van der Waals surface area contributed by atoms with Crippen molar-refractivity contribution in [3.05, 3.63) is 12.2 Å². The third-order valence-electron chi connectivity index (χ3n) is 5.51. The fourth-order valence-electron chi connectivity index (χ4n) is 3.77. The highest BCUT2D eigenvalue weighted by Crippen LogP contribution is 2.34. The Labute approximate surface area is 167 Å². The first-order valence-corrected chi connectivity index (χ1v) is 10.6. The third kappa shape index (κ3) is 8.86. The second kappa shape index (κ2) is 12.7. The van der Waals surface area contributed by atoms with Gasteiger partial charge in [0.25, 0.3) is 0 Å². The van der Waals surface area contributed by atoms with E-state index in [2.05, 4.69) is 0 Å². The maximum Gasteiger partial charge on any atom is 0.139 e. The number of halogens is 1. The van der Waals surface area contributed by atoms with Crippen LogP contribution in [0.1, 0.15) is 64.7 Å². The lowest BCUT2D eigenvalue weighted by Gasteiger charge is -2.22. The van der Waals surface area contributed by atoms with Crippen LogP contribution < -0.4 is 0 Å². The number of Topliss-reactive ketones (excluding diaryl/α,β-unsaturated/α-hetero) is 1. The molecule has 5 atom stereocenters. The molecular weight excluding hydrogens is 368 g/mol. The van der Waals surface area contributed by atoms with Gasteiger partial charge in [0, 0.05) is 30.1 Å². The Morgan fingerprint density at radius 1 is 1.30 bits per heavy atom. The summed E-state index contributed by atoms with van der Waals surface area (Å²) in [5.41, 5.74) is -0.823. The second-order valence-corrected chi connectivity index (χ2v) is 8.44. The summed E-state index contributed by atoms with van der Waals surface area (Å²) in [7, 11) is 0. The second-order valence-electron chi connectivity index (χ2n) is 8.06. The van der Waals surface area contributed by atoms with E-state index in [0.717, 1.165) is 38.4 Å². The molecule has 3 N–H and O–H groups in total. The number of aliphatic hydroxyl groups is 3. The minimum atomic E-state index is -0.823. The average molecular weight is 403 g/mol. The number of rotatable bonds is 14. The van der Waals surface area contributed by atoms with Crippen molar-refractivity contribution in [2.24, 2.45) is 17.8 Å². The van der Waals surface area contributed by atoms with E-state index in [-0.39, 0.29) is 36.6 Å². The van der Waals surface area contributed by atoms with E-state index in [1.54, 1.807) is 6.92 Å². The predicted molar refractivity (Wildman–Crippen MR) is 107 cm³/mol. The van der Waals surface area contributed by atoms with Gasteiger partial charge in [-0.25, -0.2) is 0 Å².